The summed E-state index contributed by atoms with van der Waals surface area (Å²) in [6.07, 6.45) is 2.42. The van der Waals surface area contributed by atoms with Crippen LogP contribution in [0.1, 0.15) is 26.7 Å². The topological polar surface area (TPSA) is 51.1 Å². The van der Waals surface area contributed by atoms with E-state index in [2.05, 4.69) is 34.0 Å². The summed E-state index contributed by atoms with van der Waals surface area (Å²) in [6.45, 7) is 9.11. The fourth-order valence-electron chi connectivity index (χ4n) is 2.93. The van der Waals surface area contributed by atoms with Crippen molar-refractivity contribution in [1.29, 1.82) is 0 Å². The molecule has 5 nitrogen and oxygen atoms in total. The van der Waals surface area contributed by atoms with Crippen molar-refractivity contribution in [3.05, 3.63) is 24.3 Å². The van der Waals surface area contributed by atoms with Crippen LogP contribution in [0.2, 0.25) is 0 Å². The lowest BCUT2D eigenvalue weighted by molar-refractivity contribution is 0.369. The molecule has 1 saturated heterocycles. The Morgan fingerprint density at radius 1 is 1.21 bits per heavy atom. The molecule has 2 rings (SSSR count). The molecule has 0 spiro atoms. The highest BCUT2D eigenvalue weighted by Gasteiger charge is 2.21. The molecule has 0 unspecified atom stereocenters. The number of hydrogen-bond acceptors (Lipinski definition) is 3. The van der Waals surface area contributed by atoms with Crippen LogP contribution in [-0.4, -0.2) is 55.7 Å². The van der Waals surface area contributed by atoms with Gasteiger partial charge in [-0.05, 0) is 30.9 Å². The van der Waals surface area contributed by atoms with Crippen molar-refractivity contribution < 1.29 is 5.11 Å². The summed E-state index contributed by atoms with van der Waals surface area (Å²) in [6, 6.07) is 7.55. The predicted molar refractivity (Wildman–Crippen MR) is 113 cm³/mol. The third-order valence-corrected chi connectivity index (χ3v) is 4.25. The fraction of sp³-hybridized carbons (Fsp3) is 0.611. The second-order valence-corrected chi connectivity index (χ2v) is 6.47. The molecule has 6 heteroatoms. The number of phenols is 1. The molecule has 24 heavy (non-hydrogen) atoms. The van der Waals surface area contributed by atoms with Crippen molar-refractivity contribution in [1.82, 2.24) is 10.2 Å². The molecule has 1 aliphatic rings. The normalized spacial score (nSPS) is 15.4. The predicted octanol–water partition coefficient (Wildman–Crippen LogP) is 3.14. The van der Waals surface area contributed by atoms with Gasteiger partial charge in [0.25, 0.3) is 0 Å². The van der Waals surface area contributed by atoms with Gasteiger partial charge in [0, 0.05) is 39.8 Å². The summed E-state index contributed by atoms with van der Waals surface area (Å²) in [4.78, 5) is 8.94. The second-order valence-electron chi connectivity index (χ2n) is 6.47. The van der Waals surface area contributed by atoms with Crippen molar-refractivity contribution in [3.8, 4) is 5.75 Å². The number of benzene rings is 1. The molecule has 136 valence electrons. The lowest BCUT2D eigenvalue weighted by Gasteiger charge is -2.37. The molecule has 0 amide bonds. The first-order chi connectivity index (χ1) is 11.1. The maximum atomic E-state index is 9.98. The Kier molecular flexibility index (Phi) is 9.25. The van der Waals surface area contributed by atoms with Gasteiger partial charge in [-0.25, -0.2) is 0 Å². The monoisotopic (exact) mass is 446 g/mol. The highest BCUT2D eigenvalue weighted by Crippen LogP contribution is 2.27. The smallest absolute Gasteiger partial charge is 0.193 e. The number of aliphatic imine (C=N–C) groups is 1. The zero-order valence-electron chi connectivity index (χ0n) is 15.0. The minimum absolute atomic E-state index is 0. The van der Waals surface area contributed by atoms with Crippen LogP contribution >= 0.6 is 24.0 Å². The third-order valence-electron chi connectivity index (χ3n) is 4.25. The molecule has 1 aromatic carbocycles. The minimum Gasteiger partial charge on any atom is -0.506 e. The van der Waals surface area contributed by atoms with E-state index in [0.717, 1.165) is 50.3 Å². The van der Waals surface area contributed by atoms with Gasteiger partial charge in [-0.3, -0.25) is 4.99 Å². The van der Waals surface area contributed by atoms with Gasteiger partial charge in [0.15, 0.2) is 5.96 Å². The summed E-state index contributed by atoms with van der Waals surface area (Å²) in [5.74, 6) is 2.10. The van der Waals surface area contributed by atoms with E-state index in [4.69, 9.17) is 0 Å². The first-order valence-corrected chi connectivity index (χ1v) is 8.60. The number of anilines is 1. The summed E-state index contributed by atoms with van der Waals surface area (Å²) < 4.78 is 0. The van der Waals surface area contributed by atoms with Crippen molar-refractivity contribution >= 4 is 35.6 Å². The molecule has 0 aliphatic carbocycles. The Bertz CT molecular complexity index is 513. The quantitative estimate of drug-likeness (QED) is 0.316. The maximum Gasteiger partial charge on any atom is 0.193 e. The van der Waals surface area contributed by atoms with Crippen LogP contribution in [0.15, 0.2) is 29.3 Å². The standard InChI is InChI=1S/C18H30N4O.HI/c1-15(2)7-6-10-20-18(19-3)22-13-11-21(12-14-22)16-8-4-5-9-17(16)23;/h4-5,8-9,15,23H,6-7,10-14H2,1-3H3,(H,19,20);1H. The molecule has 0 aromatic heterocycles. The molecule has 1 heterocycles. The Labute approximate surface area is 163 Å². The average molecular weight is 446 g/mol. The minimum atomic E-state index is 0. The molecule has 1 fully saturated rings. The maximum absolute atomic E-state index is 9.98. The van der Waals surface area contributed by atoms with Crippen molar-refractivity contribution in [2.24, 2.45) is 10.9 Å². The van der Waals surface area contributed by atoms with Gasteiger partial charge >= 0.3 is 0 Å². The van der Waals surface area contributed by atoms with Crippen molar-refractivity contribution in [2.75, 3.05) is 44.7 Å². The third kappa shape index (κ3) is 6.03. The zero-order chi connectivity index (χ0) is 16.7. The van der Waals surface area contributed by atoms with Crippen LogP contribution in [0.25, 0.3) is 0 Å². The molecule has 1 aromatic rings. The molecule has 0 atom stereocenters. The number of nitrogens with zero attached hydrogens (tertiary/aromatic N) is 3. The molecule has 0 saturated carbocycles. The number of guanidine groups is 1. The largest absolute Gasteiger partial charge is 0.506 e. The van der Waals surface area contributed by atoms with E-state index in [1.807, 2.05) is 25.2 Å². The number of rotatable bonds is 5. The van der Waals surface area contributed by atoms with Gasteiger partial charge in [0.1, 0.15) is 5.75 Å². The molecule has 0 bridgehead atoms. The number of nitrogens with one attached hydrogen (secondary N) is 1. The number of hydrogen-bond donors (Lipinski definition) is 2. The van der Waals surface area contributed by atoms with Gasteiger partial charge in [0.05, 0.1) is 5.69 Å². The Balaban J connectivity index is 0.00000288. The highest BCUT2D eigenvalue weighted by atomic mass is 127. The van der Waals surface area contributed by atoms with Crippen LogP contribution < -0.4 is 10.2 Å². The first kappa shape index (κ1) is 20.9. The van der Waals surface area contributed by atoms with Crippen LogP contribution in [-0.2, 0) is 0 Å². The van der Waals surface area contributed by atoms with E-state index in [-0.39, 0.29) is 24.0 Å². The lowest BCUT2D eigenvalue weighted by atomic mass is 10.1. The van der Waals surface area contributed by atoms with E-state index in [0.29, 0.717) is 5.75 Å². The van der Waals surface area contributed by atoms with E-state index in [9.17, 15) is 5.11 Å². The van der Waals surface area contributed by atoms with Gasteiger partial charge in [-0.1, -0.05) is 26.0 Å². The summed E-state index contributed by atoms with van der Waals surface area (Å²) >= 11 is 0. The van der Waals surface area contributed by atoms with Gasteiger partial charge in [-0.2, -0.15) is 0 Å². The van der Waals surface area contributed by atoms with Gasteiger partial charge < -0.3 is 20.2 Å². The number of halogens is 1. The van der Waals surface area contributed by atoms with Crippen LogP contribution in [0.5, 0.6) is 5.75 Å². The van der Waals surface area contributed by atoms with Crippen molar-refractivity contribution in [3.63, 3.8) is 0 Å². The zero-order valence-corrected chi connectivity index (χ0v) is 17.4. The SMILES string of the molecule is CN=C(NCCCC(C)C)N1CCN(c2ccccc2O)CC1.I. The molecule has 1 aliphatic heterocycles. The number of para-hydroxylation sites is 2. The first-order valence-electron chi connectivity index (χ1n) is 8.60. The Morgan fingerprint density at radius 3 is 2.46 bits per heavy atom. The van der Waals surface area contributed by atoms with E-state index in [1.54, 1.807) is 6.07 Å². The van der Waals surface area contributed by atoms with Crippen molar-refractivity contribution in [2.45, 2.75) is 26.7 Å². The van der Waals surface area contributed by atoms with E-state index < -0.39 is 0 Å². The van der Waals surface area contributed by atoms with E-state index >= 15 is 0 Å². The summed E-state index contributed by atoms with van der Waals surface area (Å²) in [5, 5.41) is 13.4. The lowest BCUT2D eigenvalue weighted by Crippen LogP contribution is -2.52. The molecular weight excluding hydrogens is 415 g/mol. The Morgan fingerprint density at radius 2 is 1.88 bits per heavy atom. The van der Waals surface area contributed by atoms with Gasteiger partial charge in [0.2, 0.25) is 0 Å². The summed E-state index contributed by atoms with van der Waals surface area (Å²) in [7, 11) is 1.85. The molecule has 2 N–H and O–H groups in total. The van der Waals surface area contributed by atoms with Crippen LogP contribution in [0.4, 0.5) is 5.69 Å². The Hall–Kier alpha value is -1.18. The average Bonchev–Trinajstić information content (AvgIpc) is 2.55. The van der Waals surface area contributed by atoms with Crippen LogP contribution in [0, 0.1) is 5.92 Å². The van der Waals surface area contributed by atoms with Crippen LogP contribution in [0.3, 0.4) is 0 Å². The highest BCUT2D eigenvalue weighted by molar-refractivity contribution is 14.0. The number of piperazine rings is 1. The van der Waals surface area contributed by atoms with Gasteiger partial charge in [-0.15, -0.1) is 24.0 Å². The molecule has 0 radical (unpaired) electrons. The second kappa shape index (κ2) is 10.6. The van der Waals surface area contributed by atoms with E-state index in [1.165, 1.54) is 12.8 Å². The summed E-state index contributed by atoms with van der Waals surface area (Å²) in [5.41, 5.74) is 0.923. The number of phenolic OH excluding ortho intramolecular Hbond substituents is 1. The fourth-order valence-corrected chi connectivity index (χ4v) is 2.93. The number of aromatic hydroxyl groups is 1. The molecular formula is C18H31IN4O.